The van der Waals surface area contributed by atoms with E-state index < -0.39 is 34.3 Å². The van der Waals surface area contributed by atoms with E-state index in [1.807, 2.05) is 30.3 Å². The van der Waals surface area contributed by atoms with Crippen LogP contribution in [0.2, 0.25) is 0 Å². The van der Waals surface area contributed by atoms with Crippen molar-refractivity contribution in [2.45, 2.75) is 19.4 Å². The minimum Gasteiger partial charge on any atom is -0.357 e. The number of nitrogens with zero attached hydrogens (tertiary/aromatic N) is 2. The molecule has 162 valence electrons. The van der Waals surface area contributed by atoms with Gasteiger partial charge in [0.05, 0.1) is 11.9 Å². The Kier molecular flexibility index (Phi) is 7.93. The molecule has 0 fully saturated rings. The molecule has 1 atom stereocenters. The van der Waals surface area contributed by atoms with Gasteiger partial charge in [-0.2, -0.15) is 0 Å². The van der Waals surface area contributed by atoms with Crippen LogP contribution in [-0.2, 0) is 26.0 Å². The number of hydrogen-bond acceptors (Lipinski definition) is 4. The Bertz CT molecular complexity index is 983. The van der Waals surface area contributed by atoms with Crippen molar-refractivity contribution in [2.75, 3.05) is 30.7 Å². The molecule has 0 saturated carbocycles. The number of halogens is 1. The van der Waals surface area contributed by atoms with Gasteiger partial charge in [0, 0.05) is 13.6 Å². The Morgan fingerprint density at radius 1 is 1.10 bits per heavy atom. The van der Waals surface area contributed by atoms with Crippen molar-refractivity contribution in [1.82, 2.24) is 10.2 Å². The van der Waals surface area contributed by atoms with Crippen LogP contribution in [0.4, 0.5) is 10.1 Å². The molecule has 0 aromatic heterocycles. The van der Waals surface area contributed by atoms with Gasteiger partial charge >= 0.3 is 0 Å². The first-order valence-corrected chi connectivity index (χ1v) is 11.3. The average molecular weight is 436 g/mol. The predicted octanol–water partition coefficient (Wildman–Crippen LogP) is 1.80. The zero-order valence-electron chi connectivity index (χ0n) is 17.2. The molecule has 0 bridgehead atoms. The summed E-state index contributed by atoms with van der Waals surface area (Å²) in [7, 11) is -2.40. The highest BCUT2D eigenvalue weighted by molar-refractivity contribution is 7.92. The average Bonchev–Trinajstić information content (AvgIpc) is 2.71. The van der Waals surface area contributed by atoms with E-state index >= 15 is 0 Å². The SMILES string of the molecule is CNC(=O)C(C)N(CCc1ccccc1)C(=O)CN(c1cccc(F)c1)S(C)(=O)=O. The van der Waals surface area contributed by atoms with Crippen LogP contribution < -0.4 is 9.62 Å². The maximum absolute atomic E-state index is 13.6. The second kappa shape index (κ2) is 10.2. The molecule has 30 heavy (non-hydrogen) atoms. The van der Waals surface area contributed by atoms with E-state index in [1.54, 1.807) is 6.92 Å². The molecule has 2 aromatic rings. The lowest BCUT2D eigenvalue weighted by Crippen LogP contribution is -2.51. The summed E-state index contributed by atoms with van der Waals surface area (Å²) < 4.78 is 39.1. The van der Waals surface area contributed by atoms with Crippen LogP contribution in [0.25, 0.3) is 0 Å². The van der Waals surface area contributed by atoms with Gasteiger partial charge in [-0.3, -0.25) is 13.9 Å². The first kappa shape index (κ1) is 23.3. The standard InChI is InChI=1S/C21H26FN3O4S/c1-16(21(27)23-2)24(13-12-17-8-5-4-6-9-17)20(26)15-25(30(3,28)29)19-11-7-10-18(22)14-19/h4-11,14,16H,12-13,15H2,1-3H3,(H,23,27). The lowest BCUT2D eigenvalue weighted by Gasteiger charge is -2.31. The summed E-state index contributed by atoms with van der Waals surface area (Å²) in [5.74, 6) is -1.54. The van der Waals surface area contributed by atoms with Gasteiger partial charge in [-0.25, -0.2) is 12.8 Å². The lowest BCUT2D eigenvalue weighted by atomic mass is 10.1. The number of benzene rings is 2. The highest BCUT2D eigenvalue weighted by Crippen LogP contribution is 2.19. The summed E-state index contributed by atoms with van der Waals surface area (Å²) in [4.78, 5) is 26.6. The molecule has 9 heteroatoms. The maximum Gasteiger partial charge on any atom is 0.244 e. The summed E-state index contributed by atoms with van der Waals surface area (Å²) >= 11 is 0. The van der Waals surface area contributed by atoms with Crippen LogP contribution >= 0.6 is 0 Å². The molecular weight excluding hydrogens is 409 g/mol. The number of amides is 2. The van der Waals surface area contributed by atoms with Gasteiger partial charge in [0.2, 0.25) is 21.8 Å². The van der Waals surface area contributed by atoms with Crippen LogP contribution in [-0.4, -0.2) is 57.6 Å². The molecule has 0 radical (unpaired) electrons. The molecule has 0 aliphatic rings. The Morgan fingerprint density at radius 3 is 2.33 bits per heavy atom. The van der Waals surface area contributed by atoms with E-state index in [0.717, 1.165) is 22.2 Å². The van der Waals surface area contributed by atoms with Crippen molar-refractivity contribution in [3.05, 3.63) is 66.0 Å². The summed E-state index contributed by atoms with van der Waals surface area (Å²) in [6.07, 6.45) is 1.44. The first-order chi connectivity index (χ1) is 14.1. The molecule has 0 aliphatic heterocycles. The number of anilines is 1. The largest absolute Gasteiger partial charge is 0.357 e. The first-order valence-electron chi connectivity index (χ1n) is 9.41. The molecular formula is C21H26FN3O4S. The third kappa shape index (κ3) is 6.28. The number of nitrogens with one attached hydrogen (secondary N) is 1. The van der Waals surface area contributed by atoms with Crippen molar-refractivity contribution in [3.8, 4) is 0 Å². The third-order valence-corrected chi connectivity index (χ3v) is 5.81. The zero-order chi connectivity index (χ0) is 22.3. The van der Waals surface area contributed by atoms with E-state index in [4.69, 9.17) is 0 Å². The normalized spacial score (nSPS) is 12.1. The number of carbonyl (C=O) groups excluding carboxylic acids is 2. The van der Waals surface area contributed by atoms with Gasteiger partial charge in [-0.05, 0) is 37.1 Å². The summed E-state index contributed by atoms with van der Waals surface area (Å²) in [6.45, 7) is 1.26. The molecule has 0 saturated heterocycles. The topological polar surface area (TPSA) is 86.8 Å². The van der Waals surface area contributed by atoms with Crippen LogP contribution in [0.1, 0.15) is 12.5 Å². The zero-order valence-corrected chi connectivity index (χ0v) is 18.0. The van der Waals surface area contributed by atoms with E-state index in [2.05, 4.69) is 5.32 Å². The monoisotopic (exact) mass is 435 g/mol. The fourth-order valence-corrected chi connectivity index (χ4v) is 3.87. The minimum absolute atomic E-state index is 0.0430. The van der Waals surface area contributed by atoms with Crippen LogP contribution in [0.3, 0.4) is 0 Å². The Labute approximate surface area is 176 Å². The summed E-state index contributed by atoms with van der Waals surface area (Å²) in [5.41, 5.74) is 1.02. The van der Waals surface area contributed by atoms with Crippen LogP contribution in [0.15, 0.2) is 54.6 Å². The number of hydrogen-bond donors (Lipinski definition) is 1. The summed E-state index contributed by atoms with van der Waals surface area (Å²) in [5, 5.41) is 2.51. The van der Waals surface area contributed by atoms with Crippen molar-refractivity contribution < 1.29 is 22.4 Å². The molecule has 1 unspecified atom stereocenters. The van der Waals surface area contributed by atoms with E-state index in [0.29, 0.717) is 6.42 Å². The van der Waals surface area contributed by atoms with Crippen LogP contribution in [0.5, 0.6) is 0 Å². The molecule has 1 N–H and O–H groups in total. The quantitative estimate of drug-likeness (QED) is 0.651. The molecule has 2 amide bonds. The van der Waals surface area contributed by atoms with Crippen molar-refractivity contribution >= 4 is 27.5 Å². The van der Waals surface area contributed by atoms with Gasteiger partial charge < -0.3 is 10.2 Å². The lowest BCUT2D eigenvalue weighted by molar-refractivity contribution is -0.138. The predicted molar refractivity (Wildman–Crippen MR) is 114 cm³/mol. The smallest absolute Gasteiger partial charge is 0.244 e. The third-order valence-electron chi connectivity index (χ3n) is 4.67. The molecule has 2 aromatic carbocycles. The van der Waals surface area contributed by atoms with Crippen molar-refractivity contribution in [2.24, 2.45) is 0 Å². The molecule has 0 heterocycles. The molecule has 7 nitrogen and oxygen atoms in total. The van der Waals surface area contributed by atoms with E-state index in [9.17, 15) is 22.4 Å². The number of likely N-dealkylation sites (N-methyl/N-ethyl adjacent to an activating group) is 1. The van der Waals surface area contributed by atoms with E-state index in [-0.39, 0.29) is 18.1 Å². The molecule has 0 aliphatic carbocycles. The number of rotatable bonds is 9. The van der Waals surface area contributed by atoms with Crippen LogP contribution in [0, 0.1) is 5.82 Å². The Balaban J connectivity index is 2.28. The van der Waals surface area contributed by atoms with Gasteiger partial charge in [-0.1, -0.05) is 36.4 Å². The molecule has 2 rings (SSSR count). The Morgan fingerprint density at radius 2 is 1.77 bits per heavy atom. The number of sulfonamides is 1. The number of carbonyl (C=O) groups is 2. The highest BCUT2D eigenvalue weighted by Gasteiger charge is 2.29. The van der Waals surface area contributed by atoms with E-state index in [1.165, 1.54) is 30.1 Å². The fourth-order valence-electron chi connectivity index (χ4n) is 3.02. The minimum atomic E-state index is -3.86. The summed E-state index contributed by atoms with van der Waals surface area (Å²) in [6, 6.07) is 13.6. The Hall–Kier alpha value is -2.94. The van der Waals surface area contributed by atoms with Crippen molar-refractivity contribution in [3.63, 3.8) is 0 Å². The van der Waals surface area contributed by atoms with Gasteiger partial charge in [0.1, 0.15) is 18.4 Å². The molecule has 0 spiro atoms. The van der Waals surface area contributed by atoms with Gasteiger partial charge in [-0.15, -0.1) is 0 Å². The highest BCUT2D eigenvalue weighted by atomic mass is 32.2. The van der Waals surface area contributed by atoms with Gasteiger partial charge in [0.25, 0.3) is 0 Å². The fraction of sp³-hybridized carbons (Fsp3) is 0.333. The van der Waals surface area contributed by atoms with Crippen molar-refractivity contribution in [1.29, 1.82) is 0 Å². The van der Waals surface area contributed by atoms with Gasteiger partial charge in [0.15, 0.2) is 0 Å². The second-order valence-corrected chi connectivity index (χ2v) is 8.77. The second-order valence-electron chi connectivity index (χ2n) is 6.86. The maximum atomic E-state index is 13.6.